The number of para-hydroxylation sites is 1. The average Bonchev–Trinajstić information content (AvgIpc) is 2.91. The van der Waals surface area contributed by atoms with Crippen molar-refractivity contribution in [2.24, 2.45) is 0 Å². The van der Waals surface area contributed by atoms with E-state index < -0.39 is 0 Å². The van der Waals surface area contributed by atoms with E-state index in [4.69, 9.17) is 0 Å². The molecule has 3 nitrogen and oxygen atoms in total. The molecular formula is C17H13BrFN3. The Labute approximate surface area is 135 Å². The molecule has 1 aromatic heterocycles. The Hall–Kier alpha value is -2.14. The van der Waals surface area contributed by atoms with Gasteiger partial charge in [-0.2, -0.15) is 5.10 Å². The number of rotatable bonds is 1. The molecule has 0 fully saturated rings. The second-order valence-electron chi connectivity index (χ2n) is 5.38. The van der Waals surface area contributed by atoms with Gasteiger partial charge in [0.15, 0.2) is 0 Å². The quantitative estimate of drug-likeness (QED) is 0.682. The fourth-order valence-electron chi connectivity index (χ4n) is 2.86. The molecule has 0 spiro atoms. The Morgan fingerprint density at radius 2 is 2.00 bits per heavy atom. The summed E-state index contributed by atoms with van der Waals surface area (Å²) in [6.07, 6.45) is -0.157. The summed E-state index contributed by atoms with van der Waals surface area (Å²) in [5.41, 5.74) is 5.16. The molecule has 4 rings (SSSR count). The molecule has 1 aliphatic rings. The van der Waals surface area contributed by atoms with E-state index in [-0.39, 0.29) is 12.0 Å². The van der Waals surface area contributed by atoms with Crippen molar-refractivity contribution in [1.29, 1.82) is 0 Å². The van der Waals surface area contributed by atoms with Crippen LogP contribution in [-0.4, -0.2) is 9.78 Å². The van der Waals surface area contributed by atoms with Crippen LogP contribution in [0.1, 0.15) is 17.4 Å². The van der Waals surface area contributed by atoms with Crippen molar-refractivity contribution >= 4 is 21.6 Å². The zero-order valence-corrected chi connectivity index (χ0v) is 13.4. The van der Waals surface area contributed by atoms with Gasteiger partial charge in [0, 0.05) is 11.3 Å². The molecule has 22 heavy (non-hydrogen) atoms. The summed E-state index contributed by atoms with van der Waals surface area (Å²) >= 11 is 3.26. The van der Waals surface area contributed by atoms with E-state index in [9.17, 15) is 4.39 Å². The van der Waals surface area contributed by atoms with Gasteiger partial charge >= 0.3 is 0 Å². The van der Waals surface area contributed by atoms with Crippen molar-refractivity contribution in [1.82, 2.24) is 9.78 Å². The van der Waals surface area contributed by atoms with E-state index in [0.717, 1.165) is 28.2 Å². The van der Waals surface area contributed by atoms with Crippen LogP contribution < -0.4 is 5.32 Å². The topological polar surface area (TPSA) is 29.9 Å². The van der Waals surface area contributed by atoms with Gasteiger partial charge in [-0.3, -0.25) is 0 Å². The standard InChI is InChI=1S/C17H13BrFN3/c1-10-8-16-12-4-2-3-5-15(12)20-17(22(16)21-10)11-6-7-14(19)13(18)9-11/h2-9,17,20H,1H3. The molecule has 0 bridgehead atoms. The third-order valence-electron chi connectivity index (χ3n) is 3.86. The van der Waals surface area contributed by atoms with Crippen LogP contribution >= 0.6 is 15.9 Å². The molecule has 110 valence electrons. The Kier molecular flexibility index (Phi) is 3.04. The summed E-state index contributed by atoms with van der Waals surface area (Å²) in [6.45, 7) is 1.98. The maximum atomic E-state index is 13.5. The molecule has 0 amide bonds. The number of fused-ring (bicyclic) bond motifs is 3. The van der Waals surface area contributed by atoms with E-state index in [1.54, 1.807) is 12.1 Å². The minimum atomic E-state index is -0.267. The number of hydrogen-bond donors (Lipinski definition) is 1. The smallest absolute Gasteiger partial charge is 0.147 e. The molecule has 0 aliphatic carbocycles. The Bertz CT molecular complexity index is 872. The molecule has 0 radical (unpaired) electrons. The lowest BCUT2D eigenvalue weighted by Crippen LogP contribution is -2.25. The normalized spacial score (nSPS) is 15.9. The van der Waals surface area contributed by atoms with Crippen LogP contribution in [0.5, 0.6) is 0 Å². The predicted octanol–water partition coefficient (Wildman–Crippen LogP) is 4.73. The van der Waals surface area contributed by atoms with Crippen LogP contribution in [0.2, 0.25) is 0 Å². The van der Waals surface area contributed by atoms with Crippen LogP contribution in [0.15, 0.2) is 53.0 Å². The van der Waals surface area contributed by atoms with Gasteiger partial charge in [-0.15, -0.1) is 0 Å². The summed E-state index contributed by atoms with van der Waals surface area (Å²) in [6, 6.07) is 15.3. The van der Waals surface area contributed by atoms with Gasteiger partial charge in [-0.05, 0) is 52.7 Å². The molecule has 0 saturated carbocycles. The van der Waals surface area contributed by atoms with Crippen LogP contribution in [-0.2, 0) is 0 Å². The van der Waals surface area contributed by atoms with Crippen LogP contribution in [0.25, 0.3) is 11.3 Å². The lowest BCUT2D eigenvalue weighted by atomic mass is 10.0. The SMILES string of the molecule is Cc1cc2n(n1)C(c1ccc(F)c(Br)c1)Nc1ccccc1-2. The highest BCUT2D eigenvalue weighted by Crippen LogP contribution is 2.38. The highest BCUT2D eigenvalue weighted by molar-refractivity contribution is 9.10. The minimum absolute atomic E-state index is 0.157. The maximum Gasteiger partial charge on any atom is 0.147 e. The zero-order chi connectivity index (χ0) is 15.3. The molecule has 2 heterocycles. The van der Waals surface area contributed by atoms with Crippen molar-refractivity contribution < 1.29 is 4.39 Å². The van der Waals surface area contributed by atoms with Gasteiger partial charge in [0.05, 0.1) is 15.9 Å². The highest BCUT2D eigenvalue weighted by Gasteiger charge is 2.26. The first kappa shape index (κ1) is 13.5. The molecular weight excluding hydrogens is 345 g/mol. The number of benzene rings is 2. The van der Waals surface area contributed by atoms with E-state index in [1.165, 1.54) is 6.07 Å². The number of aryl methyl sites for hydroxylation is 1. The van der Waals surface area contributed by atoms with Gasteiger partial charge in [0.2, 0.25) is 0 Å². The average molecular weight is 358 g/mol. The van der Waals surface area contributed by atoms with E-state index in [0.29, 0.717) is 4.47 Å². The number of aromatic nitrogens is 2. The van der Waals surface area contributed by atoms with Gasteiger partial charge in [0.25, 0.3) is 0 Å². The lowest BCUT2D eigenvalue weighted by molar-refractivity contribution is 0.566. The third kappa shape index (κ3) is 2.04. The van der Waals surface area contributed by atoms with Crippen molar-refractivity contribution in [3.05, 3.63) is 70.1 Å². The second-order valence-corrected chi connectivity index (χ2v) is 6.24. The number of anilines is 1. The summed E-state index contributed by atoms with van der Waals surface area (Å²) in [5, 5.41) is 8.09. The second kappa shape index (κ2) is 4.95. The first-order valence-corrected chi connectivity index (χ1v) is 7.80. The van der Waals surface area contributed by atoms with Gasteiger partial charge < -0.3 is 5.32 Å². The first-order valence-electron chi connectivity index (χ1n) is 7.00. The summed E-state index contributed by atoms with van der Waals surface area (Å²) in [4.78, 5) is 0. The molecule has 1 unspecified atom stereocenters. The first-order chi connectivity index (χ1) is 10.6. The van der Waals surface area contributed by atoms with Crippen LogP contribution in [0.3, 0.4) is 0 Å². The minimum Gasteiger partial charge on any atom is -0.359 e. The van der Waals surface area contributed by atoms with Gasteiger partial charge in [0.1, 0.15) is 12.0 Å². The predicted molar refractivity (Wildman–Crippen MR) is 88.3 cm³/mol. The van der Waals surface area contributed by atoms with Gasteiger partial charge in [-0.1, -0.05) is 24.3 Å². The molecule has 2 aromatic carbocycles. The molecule has 1 aliphatic heterocycles. The third-order valence-corrected chi connectivity index (χ3v) is 4.46. The Morgan fingerprint density at radius 3 is 2.82 bits per heavy atom. The van der Waals surface area contributed by atoms with Gasteiger partial charge in [-0.25, -0.2) is 9.07 Å². The number of halogens is 2. The van der Waals surface area contributed by atoms with Crippen LogP contribution in [0, 0.1) is 12.7 Å². The molecule has 1 atom stereocenters. The van der Waals surface area contributed by atoms with E-state index in [2.05, 4.69) is 38.5 Å². The summed E-state index contributed by atoms with van der Waals surface area (Å²) in [5.74, 6) is -0.267. The number of nitrogens with zero attached hydrogens (tertiary/aromatic N) is 2. The largest absolute Gasteiger partial charge is 0.359 e. The monoisotopic (exact) mass is 357 g/mol. The van der Waals surface area contributed by atoms with E-state index in [1.807, 2.05) is 29.8 Å². The molecule has 3 aromatic rings. The highest BCUT2D eigenvalue weighted by atomic mass is 79.9. The Balaban J connectivity index is 1.90. The van der Waals surface area contributed by atoms with E-state index >= 15 is 0 Å². The Morgan fingerprint density at radius 1 is 1.18 bits per heavy atom. The molecule has 1 N–H and O–H groups in total. The van der Waals surface area contributed by atoms with Crippen molar-refractivity contribution in [2.45, 2.75) is 13.1 Å². The maximum absolute atomic E-state index is 13.5. The van der Waals surface area contributed by atoms with Crippen molar-refractivity contribution in [3.8, 4) is 11.3 Å². The summed E-state index contributed by atoms with van der Waals surface area (Å²) in [7, 11) is 0. The van der Waals surface area contributed by atoms with Crippen molar-refractivity contribution in [2.75, 3.05) is 5.32 Å². The number of hydrogen-bond acceptors (Lipinski definition) is 2. The van der Waals surface area contributed by atoms with Crippen LogP contribution in [0.4, 0.5) is 10.1 Å². The summed E-state index contributed by atoms with van der Waals surface area (Å²) < 4.78 is 15.9. The molecule has 5 heteroatoms. The fraction of sp³-hybridized carbons (Fsp3) is 0.118. The number of nitrogens with one attached hydrogen (secondary N) is 1. The fourth-order valence-corrected chi connectivity index (χ4v) is 3.26. The lowest BCUT2D eigenvalue weighted by Gasteiger charge is -2.29. The van der Waals surface area contributed by atoms with Crippen molar-refractivity contribution in [3.63, 3.8) is 0 Å². The molecule has 0 saturated heterocycles. The zero-order valence-electron chi connectivity index (χ0n) is 11.8.